The van der Waals surface area contributed by atoms with E-state index in [1.54, 1.807) is 0 Å². The highest BCUT2D eigenvalue weighted by Crippen LogP contribution is 2.29. The number of rotatable bonds is 4. The Morgan fingerprint density at radius 3 is 2.75 bits per heavy atom. The lowest BCUT2D eigenvalue weighted by atomic mass is 9.84. The zero-order valence-electron chi connectivity index (χ0n) is 10.4. The third-order valence-corrected chi connectivity index (χ3v) is 5.43. The monoisotopic (exact) mass is 243 g/mol. The molecule has 2 aliphatic rings. The first-order valence-corrected chi connectivity index (χ1v) is 7.89. The summed E-state index contributed by atoms with van der Waals surface area (Å²) in [5.41, 5.74) is -0.423. The Morgan fingerprint density at radius 1 is 1.38 bits per heavy atom. The van der Waals surface area contributed by atoms with E-state index in [-0.39, 0.29) is 0 Å². The van der Waals surface area contributed by atoms with Crippen LogP contribution in [0.15, 0.2) is 0 Å². The van der Waals surface area contributed by atoms with Crippen molar-refractivity contribution in [1.82, 2.24) is 5.32 Å². The van der Waals surface area contributed by atoms with Crippen molar-refractivity contribution in [2.45, 2.75) is 57.1 Å². The Kier molecular flexibility index (Phi) is 4.57. The molecule has 1 heterocycles. The van der Waals surface area contributed by atoms with Crippen molar-refractivity contribution in [3.05, 3.63) is 0 Å². The second-order valence-corrected chi connectivity index (χ2v) is 6.70. The van der Waals surface area contributed by atoms with Crippen LogP contribution in [0.3, 0.4) is 0 Å². The molecule has 16 heavy (non-hydrogen) atoms. The van der Waals surface area contributed by atoms with Crippen molar-refractivity contribution in [1.29, 1.82) is 0 Å². The van der Waals surface area contributed by atoms with Gasteiger partial charge in [0.1, 0.15) is 0 Å². The lowest BCUT2D eigenvalue weighted by Gasteiger charge is -2.31. The Hall–Kier alpha value is 0.270. The van der Waals surface area contributed by atoms with Crippen molar-refractivity contribution < 1.29 is 5.11 Å². The first-order chi connectivity index (χ1) is 7.70. The average Bonchev–Trinajstić information content (AvgIpc) is 2.75. The van der Waals surface area contributed by atoms with Gasteiger partial charge in [0.25, 0.3) is 0 Å². The third-order valence-electron chi connectivity index (χ3n) is 4.19. The molecule has 0 aromatic heterocycles. The molecule has 1 saturated carbocycles. The van der Waals surface area contributed by atoms with Crippen molar-refractivity contribution in [3.63, 3.8) is 0 Å². The van der Waals surface area contributed by atoms with E-state index in [2.05, 4.69) is 12.2 Å². The van der Waals surface area contributed by atoms with Crippen molar-refractivity contribution in [3.8, 4) is 0 Å². The molecule has 1 saturated heterocycles. The molecule has 94 valence electrons. The summed E-state index contributed by atoms with van der Waals surface area (Å²) in [7, 11) is 0. The van der Waals surface area contributed by atoms with E-state index >= 15 is 0 Å². The van der Waals surface area contributed by atoms with E-state index in [0.29, 0.717) is 6.04 Å². The zero-order chi connectivity index (χ0) is 11.4. The second-order valence-electron chi connectivity index (χ2n) is 5.59. The van der Waals surface area contributed by atoms with Crippen molar-refractivity contribution in [2.24, 2.45) is 5.92 Å². The van der Waals surface area contributed by atoms with E-state index in [1.165, 1.54) is 32.1 Å². The van der Waals surface area contributed by atoms with Crippen LogP contribution in [0.1, 0.15) is 45.4 Å². The quantitative estimate of drug-likeness (QED) is 0.795. The molecule has 1 aliphatic heterocycles. The summed E-state index contributed by atoms with van der Waals surface area (Å²) in [4.78, 5) is 0. The molecule has 2 fully saturated rings. The summed E-state index contributed by atoms with van der Waals surface area (Å²) in [6, 6.07) is 0.579. The second kappa shape index (κ2) is 5.74. The van der Waals surface area contributed by atoms with Crippen LogP contribution < -0.4 is 5.32 Å². The fourth-order valence-corrected chi connectivity index (χ4v) is 4.18. The van der Waals surface area contributed by atoms with Crippen molar-refractivity contribution in [2.75, 3.05) is 18.1 Å². The van der Waals surface area contributed by atoms with Gasteiger partial charge >= 0.3 is 0 Å². The largest absolute Gasteiger partial charge is 0.388 e. The molecule has 2 nitrogen and oxygen atoms in total. The standard InChI is InChI=1S/C13H25NOS/c1-11(12-5-3-2-4-6-12)14-9-13(15)7-8-16-10-13/h11-12,14-15H,2-10H2,1H3. The third kappa shape index (κ3) is 3.38. The summed E-state index contributed by atoms with van der Waals surface area (Å²) in [6.07, 6.45) is 7.93. The summed E-state index contributed by atoms with van der Waals surface area (Å²) < 4.78 is 0. The van der Waals surface area contributed by atoms with E-state index in [0.717, 1.165) is 30.4 Å². The van der Waals surface area contributed by atoms with Crippen LogP contribution in [0.2, 0.25) is 0 Å². The van der Waals surface area contributed by atoms with Crippen LogP contribution in [0.4, 0.5) is 0 Å². The van der Waals surface area contributed by atoms with Gasteiger partial charge in [-0.1, -0.05) is 19.3 Å². The molecule has 0 aromatic rings. The zero-order valence-corrected chi connectivity index (χ0v) is 11.2. The summed E-state index contributed by atoms with van der Waals surface area (Å²) in [5, 5.41) is 13.8. The maximum Gasteiger partial charge on any atom is 0.0869 e. The summed E-state index contributed by atoms with van der Waals surface area (Å²) >= 11 is 1.88. The Morgan fingerprint density at radius 2 is 2.12 bits per heavy atom. The minimum absolute atomic E-state index is 0.423. The molecule has 3 heteroatoms. The predicted molar refractivity (Wildman–Crippen MR) is 70.9 cm³/mol. The molecule has 1 aliphatic carbocycles. The maximum absolute atomic E-state index is 10.3. The highest BCUT2D eigenvalue weighted by Gasteiger charge is 2.32. The van der Waals surface area contributed by atoms with Crippen LogP contribution in [-0.2, 0) is 0 Å². The topological polar surface area (TPSA) is 32.3 Å². The molecule has 0 bridgehead atoms. The van der Waals surface area contributed by atoms with Crippen LogP contribution in [0.5, 0.6) is 0 Å². The number of hydrogen-bond acceptors (Lipinski definition) is 3. The molecule has 2 unspecified atom stereocenters. The van der Waals surface area contributed by atoms with Gasteiger partial charge in [0.15, 0.2) is 0 Å². The number of thioether (sulfide) groups is 1. The fourth-order valence-electron chi connectivity index (χ4n) is 2.89. The van der Waals surface area contributed by atoms with Gasteiger partial charge < -0.3 is 10.4 Å². The van der Waals surface area contributed by atoms with Crippen LogP contribution in [-0.4, -0.2) is 34.8 Å². The minimum atomic E-state index is -0.423. The normalized spacial score (nSPS) is 34.1. The molecule has 2 rings (SSSR count). The maximum atomic E-state index is 10.3. The van der Waals surface area contributed by atoms with Gasteiger partial charge in [-0.3, -0.25) is 0 Å². The van der Waals surface area contributed by atoms with Gasteiger partial charge in [0, 0.05) is 18.3 Å². The molecular weight excluding hydrogens is 218 g/mol. The highest BCUT2D eigenvalue weighted by atomic mass is 32.2. The Balaban J connectivity index is 1.71. The first kappa shape index (κ1) is 12.7. The van der Waals surface area contributed by atoms with Gasteiger partial charge in [-0.25, -0.2) is 0 Å². The van der Waals surface area contributed by atoms with Gasteiger partial charge in [-0.05, 0) is 37.9 Å². The van der Waals surface area contributed by atoms with Gasteiger partial charge in [-0.2, -0.15) is 11.8 Å². The van der Waals surface area contributed by atoms with E-state index in [1.807, 2.05) is 11.8 Å². The SMILES string of the molecule is CC(NCC1(O)CCSC1)C1CCCCC1. The Bertz CT molecular complexity index is 210. The summed E-state index contributed by atoms with van der Waals surface area (Å²) in [5.74, 6) is 2.87. The van der Waals surface area contributed by atoms with E-state index < -0.39 is 5.60 Å². The van der Waals surface area contributed by atoms with Gasteiger partial charge in [0.2, 0.25) is 0 Å². The average molecular weight is 243 g/mol. The number of hydrogen-bond donors (Lipinski definition) is 2. The van der Waals surface area contributed by atoms with Crippen molar-refractivity contribution >= 4 is 11.8 Å². The molecular formula is C13H25NOS. The fraction of sp³-hybridized carbons (Fsp3) is 1.00. The van der Waals surface area contributed by atoms with E-state index in [9.17, 15) is 5.11 Å². The molecule has 2 atom stereocenters. The van der Waals surface area contributed by atoms with Crippen LogP contribution in [0.25, 0.3) is 0 Å². The lowest BCUT2D eigenvalue weighted by molar-refractivity contribution is 0.0616. The number of nitrogens with one attached hydrogen (secondary N) is 1. The van der Waals surface area contributed by atoms with Crippen LogP contribution >= 0.6 is 11.8 Å². The number of aliphatic hydroxyl groups is 1. The Labute approximate surface area is 104 Å². The van der Waals surface area contributed by atoms with E-state index in [4.69, 9.17) is 0 Å². The highest BCUT2D eigenvalue weighted by molar-refractivity contribution is 7.99. The molecule has 2 N–H and O–H groups in total. The minimum Gasteiger partial charge on any atom is -0.388 e. The molecule has 0 amide bonds. The predicted octanol–water partition coefficient (Wildman–Crippen LogP) is 2.41. The van der Waals surface area contributed by atoms with Gasteiger partial charge in [-0.15, -0.1) is 0 Å². The first-order valence-electron chi connectivity index (χ1n) is 6.73. The van der Waals surface area contributed by atoms with Crippen LogP contribution in [0, 0.1) is 5.92 Å². The van der Waals surface area contributed by atoms with Gasteiger partial charge in [0.05, 0.1) is 5.60 Å². The molecule has 0 spiro atoms. The molecule has 0 radical (unpaired) electrons. The smallest absolute Gasteiger partial charge is 0.0869 e. The lowest BCUT2D eigenvalue weighted by Crippen LogP contribution is -2.46. The molecule has 0 aromatic carbocycles. The summed E-state index contributed by atoms with van der Waals surface area (Å²) in [6.45, 7) is 3.08.